The van der Waals surface area contributed by atoms with E-state index in [9.17, 15) is 14.9 Å². The van der Waals surface area contributed by atoms with Crippen molar-refractivity contribution in [1.29, 1.82) is 5.26 Å². The SMILES string of the molecule is CC(C#N)N(C(=O)C(N)CN1CC2C[C@H]1C(=O)N2C1c2ccccc2CCc2ccccc21)C1CC1. The summed E-state index contributed by atoms with van der Waals surface area (Å²) >= 11 is 0. The number of carbonyl (C=O) groups excluding carboxylic acids is 2. The third kappa shape index (κ3) is 3.80. The predicted molar refractivity (Wildman–Crippen MR) is 136 cm³/mol. The normalized spacial score (nSPS) is 25.0. The summed E-state index contributed by atoms with van der Waals surface area (Å²) in [5.74, 6) is -0.0444. The zero-order valence-electron chi connectivity index (χ0n) is 20.7. The first-order valence-electron chi connectivity index (χ1n) is 13.2. The third-order valence-electron chi connectivity index (χ3n) is 8.50. The van der Waals surface area contributed by atoms with Crippen LogP contribution in [0.15, 0.2) is 48.5 Å². The molecule has 36 heavy (non-hydrogen) atoms. The second kappa shape index (κ2) is 9.02. The van der Waals surface area contributed by atoms with Crippen LogP contribution in [-0.2, 0) is 22.4 Å². The maximum atomic E-state index is 13.9. The number of nitriles is 1. The number of hydrogen-bond acceptors (Lipinski definition) is 5. The highest BCUT2D eigenvalue weighted by Crippen LogP contribution is 2.44. The van der Waals surface area contributed by atoms with Gasteiger partial charge in [-0.25, -0.2) is 0 Å². The monoisotopic (exact) mass is 483 g/mol. The zero-order chi connectivity index (χ0) is 25.0. The third-order valence-corrected chi connectivity index (χ3v) is 8.50. The highest BCUT2D eigenvalue weighted by atomic mass is 16.2. The maximum absolute atomic E-state index is 13.9. The van der Waals surface area contributed by atoms with Crippen LogP contribution < -0.4 is 5.73 Å². The molecule has 2 heterocycles. The summed E-state index contributed by atoms with van der Waals surface area (Å²) in [6, 6.07) is 17.9. The summed E-state index contributed by atoms with van der Waals surface area (Å²) < 4.78 is 0. The molecule has 1 saturated carbocycles. The Morgan fingerprint density at radius 2 is 1.72 bits per heavy atom. The number of piperazine rings is 1. The van der Waals surface area contributed by atoms with Crippen molar-refractivity contribution in [2.75, 3.05) is 13.1 Å². The predicted octanol–water partition coefficient (Wildman–Crippen LogP) is 2.39. The molecule has 6 rings (SSSR count). The number of nitrogens with zero attached hydrogens (tertiary/aromatic N) is 4. The second-order valence-electron chi connectivity index (χ2n) is 10.8. The van der Waals surface area contributed by atoms with E-state index in [4.69, 9.17) is 5.73 Å². The van der Waals surface area contributed by atoms with Crippen molar-refractivity contribution >= 4 is 11.8 Å². The van der Waals surface area contributed by atoms with Gasteiger partial charge in [-0.05, 0) is 61.3 Å². The molecule has 2 aromatic rings. The van der Waals surface area contributed by atoms with Gasteiger partial charge in [0.15, 0.2) is 0 Å². The minimum absolute atomic E-state index is 0.0818. The molecule has 2 bridgehead atoms. The minimum Gasteiger partial charge on any atom is -0.326 e. The Hall–Kier alpha value is -3.21. The minimum atomic E-state index is -0.735. The second-order valence-corrected chi connectivity index (χ2v) is 10.8. The van der Waals surface area contributed by atoms with Crippen LogP contribution in [0.5, 0.6) is 0 Å². The standard InChI is InChI=1S/C29H33N5O2/c1-18(15-30)33(21-12-13-21)28(35)25(31)17-32-16-22-14-26(32)29(36)34(22)27-23-8-4-2-6-19(23)10-11-20-7-3-5-9-24(20)27/h2-9,18,21-22,25-27H,10-14,16-17,31H2,1H3/t18?,22?,25?,26-/m0/s1. The highest BCUT2D eigenvalue weighted by Gasteiger charge is 2.53. The molecule has 2 aliphatic heterocycles. The molecule has 2 N–H and O–H groups in total. The van der Waals surface area contributed by atoms with Gasteiger partial charge in [0.05, 0.1) is 24.2 Å². The summed E-state index contributed by atoms with van der Waals surface area (Å²) in [7, 11) is 0. The molecule has 2 aliphatic carbocycles. The first kappa shape index (κ1) is 23.2. The number of likely N-dealkylation sites (tertiary alicyclic amines) is 2. The van der Waals surface area contributed by atoms with Gasteiger partial charge in [-0.3, -0.25) is 14.5 Å². The van der Waals surface area contributed by atoms with Crippen LogP contribution in [0.4, 0.5) is 0 Å². The molecular formula is C29H33N5O2. The lowest BCUT2D eigenvalue weighted by Gasteiger charge is -2.40. The van der Waals surface area contributed by atoms with Gasteiger partial charge in [0, 0.05) is 25.2 Å². The Kier molecular flexibility index (Phi) is 5.82. The molecule has 4 aliphatic rings. The smallest absolute Gasteiger partial charge is 0.242 e. The highest BCUT2D eigenvalue weighted by molar-refractivity contribution is 5.87. The van der Waals surface area contributed by atoms with E-state index in [0.717, 1.165) is 38.6 Å². The number of rotatable bonds is 6. The van der Waals surface area contributed by atoms with Gasteiger partial charge in [0.25, 0.3) is 0 Å². The summed E-state index contributed by atoms with van der Waals surface area (Å²) in [6.07, 6.45) is 4.57. The molecule has 2 aromatic carbocycles. The van der Waals surface area contributed by atoms with E-state index in [1.54, 1.807) is 11.8 Å². The van der Waals surface area contributed by atoms with Gasteiger partial charge >= 0.3 is 0 Å². The van der Waals surface area contributed by atoms with Crippen LogP contribution in [0.3, 0.4) is 0 Å². The maximum Gasteiger partial charge on any atom is 0.242 e. The largest absolute Gasteiger partial charge is 0.326 e. The van der Waals surface area contributed by atoms with Crippen LogP contribution in [0.2, 0.25) is 0 Å². The van der Waals surface area contributed by atoms with Gasteiger partial charge in [-0.1, -0.05) is 48.5 Å². The molecule has 0 radical (unpaired) electrons. The van der Waals surface area contributed by atoms with Crippen molar-refractivity contribution in [3.05, 3.63) is 70.8 Å². The Labute approximate surface area is 212 Å². The van der Waals surface area contributed by atoms with Gasteiger partial charge in [0.2, 0.25) is 11.8 Å². The molecule has 4 atom stereocenters. The van der Waals surface area contributed by atoms with Crippen molar-refractivity contribution < 1.29 is 9.59 Å². The lowest BCUT2D eigenvalue weighted by atomic mass is 9.92. The number of benzene rings is 2. The number of amides is 2. The van der Waals surface area contributed by atoms with Crippen molar-refractivity contribution in [2.24, 2.45) is 5.73 Å². The first-order chi connectivity index (χ1) is 17.5. The molecule has 0 aromatic heterocycles. The molecular weight excluding hydrogens is 450 g/mol. The van der Waals surface area contributed by atoms with Gasteiger partial charge in [0.1, 0.15) is 6.04 Å². The molecule has 3 unspecified atom stereocenters. The Morgan fingerprint density at radius 3 is 2.28 bits per heavy atom. The Morgan fingerprint density at radius 1 is 1.11 bits per heavy atom. The van der Waals surface area contributed by atoms with E-state index in [2.05, 4.69) is 64.4 Å². The van der Waals surface area contributed by atoms with Crippen LogP contribution >= 0.6 is 0 Å². The number of hydrogen-bond donors (Lipinski definition) is 1. The summed E-state index contributed by atoms with van der Waals surface area (Å²) in [6.45, 7) is 2.82. The van der Waals surface area contributed by atoms with E-state index in [-0.39, 0.29) is 36.0 Å². The van der Waals surface area contributed by atoms with Crippen LogP contribution in [0.25, 0.3) is 0 Å². The van der Waals surface area contributed by atoms with Gasteiger partial charge in [-0.2, -0.15) is 5.26 Å². The number of aryl methyl sites for hydroxylation is 2. The first-order valence-corrected chi connectivity index (χ1v) is 13.2. The molecule has 7 nitrogen and oxygen atoms in total. The van der Waals surface area contributed by atoms with Crippen LogP contribution in [0.1, 0.15) is 54.5 Å². The van der Waals surface area contributed by atoms with E-state index >= 15 is 0 Å². The molecule has 2 amide bonds. The molecule has 2 saturated heterocycles. The van der Waals surface area contributed by atoms with Crippen molar-refractivity contribution in [3.63, 3.8) is 0 Å². The van der Waals surface area contributed by atoms with E-state index in [1.807, 2.05) is 0 Å². The lowest BCUT2D eigenvalue weighted by molar-refractivity contribution is -0.141. The quantitative estimate of drug-likeness (QED) is 0.681. The van der Waals surface area contributed by atoms with E-state index < -0.39 is 12.1 Å². The average molecular weight is 484 g/mol. The number of carbonyl (C=O) groups is 2. The number of fused-ring (bicyclic) bond motifs is 4. The van der Waals surface area contributed by atoms with Crippen LogP contribution in [-0.4, -0.2) is 69.8 Å². The summed E-state index contributed by atoms with van der Waals surface area (Å²) in [5, 5.41) is 9.38. The fourth-order valence-electron chi connectivity index (χ4n) is 6.65. The van der Waals surface area contributed by atoms with E-state index in [1.165, 1.54) is 22.3 Å². The van der Waals surface area contributed by atoms with Gasteiger partial charge in [-0.15, -0.1) is 0 Å². The topological polar surface area (TPSA) is 93.7 Å². The van der Waals surface area contributed by atoms with Crippen molar-refractivity contribution in [2.45, 2.75) is 75.3 Å². The molecule has 0 spiro atoms. The van der Waals surface area contributed by atoms with Crippen molar-refractivity contribution in [1.82, 2.24) is 14.7 Å². The van der Waals surface area contributed by atoms with Crippen LogP contribution in [0, 0.1) is 11.3 Å². The van der Waals surface area contributed by atoms with E-state index in [0.29, 0.717) is 6.54 Å². The summed E-state index contributed by atoms with van der Waals surface area (Å²) in [4.78, 5) is 32.9. The Bertz CT molecular complexity index is 1190. The summed E-state index contributed by atoms with van der Waals surface area (Å²) in [5.41, 5.74) is 11.5. The fourth-order valence-corrected chi connectivity index (χ4v) is 6.65. The van der Waals surface area contributed by atoms with Gasteiger partial charge < -0.3 is 15.5 Å². The Balaban J connectivity index is 1.23. The van der Waals surface area contributed by atoms with Crippen molar-refractivity contribution in [3.8, 4) is 6.07 Å². The molecule has 186 valence electrons. The number of nitrogens with two attached hydrogens (primary N) is 1. The zero-order valence-corrected chi connectivity index (χ0v) is 20.7. The molecule has 7 heteroatoms. The lowest BCUT2D eigenvalue weighted by Crippen LogP contribution is -2.57. The fraction of sp³-hybridized carbons (Fsp3) is 0.483. The average Bonchev–Trinajstić information content (AvgIpc) is 3.60. The molecule has 3 fully saturated rings.